The molecule has 0 spiro atoms. The fourth-order valence-corrected chi connectivity index (χ4v) is 5.15. The van der Waals surface area contributed by atoms with Crippen molar-refractivity contribution in [1.29, 1.82) is 0 Å². The first-order chi connectivity index (χ1) is 13.9. The lowest BCUT2D eigenvalue weighted by Crippen LogP contribution is -2.36. The monoisotopic (exact) mass is 414 g/mol. The molecule has 1 heterocycles. The Morgan fingerprint density at radius 3 is 2.07 bits per heavy atom. The molecule has 0 unspecified atom stereocenters. The number of rotatable bonds is 6. The van der Waals surface area contributed by atoms with Crippen molar-refractivity contribution in [3.63, 3.8) is 0 Å². The highest BCUT2D eigenvalue weighted by molar-refractivity contribution is 7.89. The highest BCUT2D eigenvalue weighted by Crippen LogP contribution is 2.22. The Kier molecular flexibility index (Phi) is 7.09. The van der Waals surface area contributed by atoms with E-state index in [-0.39, 0.29) is 16.8 Å². The second kappa shape index (κ2) is 9.55. The molecule has 1 amide bonds. The summed E-state index contributed by atoms with van der Waals surface area (Å²) in [5, 5.41) is 0. The van der Waals surface area contributed by atoms with Crippen LogP contribution in [0.25, 0.3) is 0 Å². The number of benzene rings is 2. The Morgan fingerprint density at radius 1 is 0.931 bits per heavy atom. The van der Waals surface area contributed by atoms with Gasteiger partial charge in [-0.2, -0.15) is 4.31 Å². The average molecular weight is 415 g/mol. The molecule has 5 nitrogen and oxygen atoms in total. The van der Waals surface area contributed by atoms with Crippen LogP contribution in [0.5, 0.6) is 0 Å². The van der Waals surface area contributed by atoms with Gasteiger partial charge in [0.2, 0.25) is 10.0 Å². The van der Waals surface area contributed by atoms with E-state index < -0.39 is 10.0 Å². The van der Waals surface area contributed by atoms with Gasteiger partial charge in [-0.1, -0.05) is 43.2 Å². The van der Waals surface area contributed by atoms with Crippen molar-refractivity contribution in [1.82, 2.24) is 9.21 Å². The van der Waals surface area contributed by atoms with Crippen LogP contribution in [0.1, 0.15) is 55.5 Å². The Balaban J connectivity index is 1.78. The molecule has 0 N–H and O–H groups in total. The Hall–Kier alpha value is -2.18. The van der Waals surface area contributed by atoms with Crippen LogP contribution in [0.4, 0.5) is 0 Å². The first-order valence-electron chi connectivity index (χ1n) is 10.3. The average Bonchev–Trinajstić information content (AvgIpc) is 3.02. The lowest BCUT2D eigenvalue weighted by molar-refractivity contribution is 0.0690. The highest BCUT2D eigenvalue weighted by atomic mass is 32.2. The van der Waals surface area contributed by atoms with Gasteiger partial charge in [0.25, 0.3) is 5.91 Å². The zero-order valence-corrected chi connectivity index (χ0v) is 18.1. The largest absolute Gasteiger partial charge is 0.332 e. The van der Waals surface area contributed by atoms with Crippen LogP contribution in [0.3, 0.4) is 0 Å². The molecule has 0 aromatic heterocycles. The van der Waals surface area contributed by atoms with Gasteiger partial charge in [0.05, 0.1) is 4.90 Å². The number of amides is 1. The molecular weight excluding hydrogens is 384 g/mol. The van der Waals surface area contributed by atoms with Crippen LogP contribution < -0.4 is 0 Å². The summed E-state index contributed by atoms with van der Waals surface area (Å²) in [5.74, 6) is -0.0948. The normalized spacial score (nSPS) is 15.8. The number of sulfonamides is 1. The molecule has 1 aliphatic heterocycles. The van der Waals surface area contributed by atoms with E-state index in [1.165, 1.54) is 0 Å². The molecule has 0 aliphatic carbocycles. The van der Waals surface area contributed by atoms with Crippen molar-refractivity contribution >= 4 is 15.9 Å². The van der Waals surface area contributed by atoms with Gasteiger partial charge in [0, 0.05) is 31.2 Å². The Bertz CT molecular complexity index is 901. The third-order valence-electron chi connectivity index (χ3n) is 5.38. The highest BCUT2D eigenvalue weighted by Gasteiger charge is 2.26. The first-order valence-corrected chi connectivity index (χ1v) is 11.8. The number of nitrogens with zero attached hydrogens (tertiary/aromatic N) is 2. The van der Waals surface area contributed by atoms with Crippen molar-refractivity contribution in [3.05, 3.63) is 65.7 Å². The number of hydrogen-bond acceptors (Lipinski definition) is 3. The van der Waals surface area contributed by atoms with Gasteiger partial charge >= 0.3 is 0 Å². The summed E-state index contributed by atoms with van der Waals surface area (Å²) >= 11 is 0. The van der Waals surface area contributed by atoms with Crippen LogP contribution in [-0.2, 0) is 16.6 Å². The Morgan fingerprint density at radius 2 is 1.52 bits per heavy atom. The summed E-state index contributed by atoms with van der Waals surface area (Å²) in [4.78, 5) is 15.1. The fourth-order valence-electron chi connectivity index (χ4n) is 3.64. The van der Waals surface area contributed by atoms with Crippen molar-refractivity contribution in [2.75, 3.05) is 13.1 Å². The van der Waals surface area contributed by atoms with Crippen molar-refractivity contribution in [2.24, 2.45) is 0 Å². The van der Waals surface area contributed by atoms with E-state index >= 15 is 0 Å². The summed E-state index contributed by atoms with van der Waals surface area (Å²) in [5.41, 5.74) is 1.57. The van der Waals surface area contributed by atoms with Gasteiger partial charge in [-0.3, -0.25) is 4.79 Å². The quantitative estimate of drug-likeness (QED) is 0.708. The summed E-state index contributed by atoms with van der Waals surface area (Å²) in [7, 11) is -3.50. The van der Waals surface area contributed by atoms with Crippen LogP contribution in [-0.4, -0.2) is 42.7 Å². The zero-order chi connectivity index (χ0) is 20.9. The maximum atomic E-state index is 13.1. The van der Waals surface area contributed by atoms with Gasteiger partial charge in [0.1, 0.15) is 0 Å². The van der Waals surface area contributed by atoms with Gasteiger partial charge in [-0.05, 0) is 56.5 Å². The summed E-state index contributed by atoms with van der Waals surface area (Å²) in [6, 6.07) is 16.3. The van der Waals surface area contributed by atoms with Gasteiger partial charge in [-0.25, -0.2) is 8.42 Å². The molecule has 2 aromatic carbocycles. The van der Waals surface area contributed by atoms with Crippen LogP contribution in [0, 0.1) is 0 Å². The molecular formula is C23H30N2O3S. The zero-order valence-electron chi connectivity index (χ0n) is 17.3. The van der Waals surface area contributed by atoms with E-state index in [4.69, 9.17) is 0 Å². The molecule has 2 aromatic rings. The Labute approximate surface area is 174 Å². The second-order valence-corrected chi connectivity index (χ2v) is 9.79. The van der Waals surface area contributed by atoms with Gasteiger partial charge < -0.3 is 4.90 Å². The third-order valence-corrected chi connectivity index (χ3v) is 7.30. The minimum atomic E-state index is -3.50. The fraction of sp³-hybridized carbons (Fsp3) is 0.435. The molecule has 0 radical (unpaired) electrons. The van der Waals surface area contributed by atoms with Crippen molar-refractivity contribution < 1.29 is 13.2 Å². The second-order valence-electron chi connectivity index (χ2n) is 7.86. The van der Waals surface area contributed by atoms with E-state index in [0.29, 0.717) is 25.2 Å². The van der Waals surface area contributed by atoms with Crippen molar-refractivity contribution in [3.8, 4) is 0 Å². The lowest BCUT2D eigenvalue weighted by atomic mass is 10.1. The number of carbonyl (C=O) groups is 1. The topological polar surface area (TPSA) is 57.7 Å². The third kappa shape index (κ3) is 5.25. The minimum Gasteiger partial charge on any atom is -0.332 e. The summed E-state index contributed by atoms with van der Waals surface area (Å²) in [6.07, 6.45) is 3.95. The molecule has 0 bridgehead atoms. The van der Waals surface area contributed by atoms with Crippen LogP contribution in [0.15, 0.2) is 59.5 Å². The van der Waals surface area contributed by atoms with Crippen LogP contribution >= 0.6 is 0 Å². The number of hydrogen-bond donors (Lipinski definition) is 0. The molecule has 156 valence electrons. The van der Waals surface area contributed by atoms with E-state index in [9.17, 15) is 13.2 Å². The maximum Gasteiger partial charge on any atom is 0.254 e. The standard InChI is InChI=1S/C23H30N2O3S/c1-19(2)25(18-20-10-6-5-7-11-20)23(26)21-12-14-22(15-13-21)29(27,28)24-16-8-3-4-9-17-24/h5-7,10-15,19H,3-4,8-9,16-18H2,1-2H3. The molecule has 6 heteroatoms. The SMILES string of the molecule is CC(C)N(Cc1ccccc1)C(=O)c1ccc(S(=O)(=O)N2CCCCCC2)cc1. The minimum absolute atomic E-state index is 0.0308. The van der Waals surface area contributed by atoms with E-state index in [2.05, 4.69) is 0 Å². The molecule has 0 atom stereocenters. The summed E-state index contributed by atoms with van der Waals surface area (Å²) in [6.45, 7) is 5.63. The predicted molar refractivity (Wildman–Crippen MR) is 115 cm³/mol. The van der Waals surface area contributed by atoms with Gasteiger partial charge in [-0.15, -0.1) is 0 Å². The van der Waals surface area contributed by atoms with Gasteiger partial charge in [0.15, 0.2) is 0 Å². The first kappa shape index (κ1) is 21.5. The lowest BCUT2D eigenvalue weighted by Gasteiger charge is -2.27. The molecule has 3 rings (SSSR count). The molecule has 1 saturated heterocycles. The van der Waals surface area contributed by atoms with E-state index in [0.717, 1.165) is 31.2 Å². The van der Waals surface area contributed by atoms with E-state index in [1.54, 1.807) is 33.5 Å². The molecule has 1 aliphatic rings. The summed E-state index contributed by atoms with van der Waals surface area (Å²) < 4.78 is 27.4. The van der Waals surface area contributed by atoms with Crippen molar-refractivity contribution in [2.45, 2.75) is 57.0 Å². The van der Waals surface area contributed by atoms with E-state index in [1.807, 2.05) is 44.2 Å². The van der Waals surface area contributed by atoms with Crippen LogP contribution in [0.2, 0.25) is 0 Å². The molecule has 1 fully saturated rings. The predicted octanol–water partition coefficient (Wildman–Crippen LogP) is 4.30. The number of carbonyl (C=O) groups excluding carboxylic acids is 1. The molecule has 0 saturated carbocycles. The smallest absolute Gasteiger partial charge is 0.254 e. The maximum absolute atomic E-state index is 13.1. The molecule has 29 heavy (non-hydrogen) atoms.